The van der Waals surface area contributed by atoms with Crippen LogP contribution in [0, 0.1) is 0 Å². The first-order chi connectivity index (χ1) is 12.2. The molecule has 0 spiro atoms. The third-order valence-electron chi connectivity index (χ3n) is 5.02. The number of benzene rings is 2. The lowest BCUT2D eigenvalue weighted by Crippen LogP contribution is -2.23. The van der Waals surface area contributed by atoms with Gasteiger partial charge < -0.3 is 15.6 Å². The first-order valence-corrected chi connectivity index (χ1v) is 8.75. The standard InChI is InChI=1S/C20H22N4O/c21-19(25)16-7-4-8-17-18(16)23-20(22-17)15-10-12-24(13-15)11-9-14-5-2-1-3-6-14/h1-8,15H,9-13H2,(H2,21,25)(H,22,23). The van der Waals surface area contributed by atoms with E-state index >= 15 is 0 Å². The van der Waals surface area contributed by atoms with Gasteiger partial charge in [-0.3, -0.25) is 4.79 Å². The van der Waals surface area contributed by atoms with E-state index in [1.54, 1.807) is 6.07 Å². The van der Waals surface area contributed by atoms with Gasteiger partial charge in [0.05, 0.1) is 11.1 Å². The van der Waals surface area contributed by atoms with Crippen molar-refractivity contribution in [2.45, 2.75) is 18.8 Å². The number of hydrogen-bond acceptors (Lipinski definition) is 3. The second kappa shape index (κ2) is 6.69. The summed E-state index contributed by atoms with van der Waals surface area (Å²) >= 11 is 0. The van der Waals surface area contributed by atoms with Crippen LogP contribution in [-0.2, 0) is 6.42 Å². The summed E-state index contributed by atoms with van der Waals surface area (Å²) in [7, 11) is 0. The number of H-pyrrole nitrogens is 1. The summed E-state index contributed by atoms with van der Waals surface area (Å²) in [5, 5.41) is 0. The number of aromatic amines is 1. The summed E-state index contributed by atoms with van der Waals surface area (Å²) in [6, 6.07) is 16.1. The lowest BCUT2D eigenvalue weighted by molar-refractivity contribution is 0.100. The quantitative estimate of drug-likeness (QED) is 0.753. The van der Waals surface area contributed by atoms with Crippen LogP contribution in [0.5, 0.6) is 0 Å². The molecule has 5 heteroatoms. The lowest BCUT2D eigenvalue weighted by atomic mass is 10.1. The minimum atomic E-state index is -0.431. The average Bonchev–Trinajstić information content (AvgIpc) is 3.27. The first-order valence-electron chi connectivity index (χ1n) is 8.75. The predicted molar refractivity (Wildman–Crippen MR) is 98.6 cm³/mol. The van der Waals surface area contributed by atoms with Gasteiger partial charge in [0.2, 0.25) is 0 Å². The predicted octanol–water partition coefficient (Wildman–Crippen LogP) is 2.69. The number of hydrogen-bond donors (Lipinski definition) is 2. The molecule has 1 aromatic heterocycles. The summed E-state index contributed by atoms with van der Waals surface area (Å²) < 4.78 is 0. The summed E-state index contributed by atoms with van der Waals surface area (Å²) in [5.74, 6) is 0.911. The first kappa shape index (κ1) is 15.8. The van der Waals surface area contributed by atoms with E-state index in [2.05, 4.69) is 45.2 Å². The number of rotatable bonds is 5. The van der Waals surface area contributed by atoms with Crippen LogP contribution in [0.15, 0.2) is 48.5 Å². The number of para-hydroxylation sites is 1. The normalized spacial score (nSPS) is 18.0. The second-order valence-electron chi connectivity index (χ2n) is 6.71. The topological polar surface area (TPSA) is 75.0 Å². The van der Waals surface area contributed by atoms with Crippen LogP contribution in [0.3, 0.4) is 0 Å². The highest BCUT2D eigenvalue weighted by atomic mass is 16.1. The molecule has 1 aliphatic rings. The Morgan fingerprint density at radius 3 is 2.84 bits per heavy atom. The van der Waals surface area contributed by atoms with Crippen LogP contribution in [0.4, 0.5) is 0 Å². The van der Waals surface area contributed by atoms with Gasteiger partial charge in [0.25, 0.3) is 5.91 Å². The Morgan fingerprint density at radius 1 is 1.20 bits per heavy atom. The fourth-order valence-electron chi connectivity index (χ4n) is 3.63. The highest BCUT2D eigenvalue weighted by Gasteiger charge is 2.26. The van der Waals surface area contributed by atoms with Crippen molar-refractivity contribution < 1.29 is 4.79 Å². The van der Waals surface area contributed by atoms with E-state index in [4.69, 9.17) is 5.73 Å². The van der Waals surface area contributed by atoms with Gasteiger partial charge in [0, 0.05) is 19.0 Å². The van der Waals surface area contributed by atoms with Crippen molar-refractivity contribution in [2.24, 2.45) is 5.73 Å². The van der Waals surface area contributed by atoms with Gasteiger partial charge in [-0.2, -0.15) is 0 Å². The van der Waals surface area contributed by atoms with E-state index in [-0.39, 0.29) is 0 Å². The monoisotopic (exact) mass is 334 g/mol. The number of nitrogens with zero attached hydrogens (tertiary/aromatic N) is 2. The molecular formula is C20H22N4O. The molecule has 3 aromatic rings. The molecule has 2 heterocycles. The molecule has 1 unspecified atom stereocenters. The van der Waals surface area contributed by atoms with Crippen molar-refractivity contribution in [1.29, 1.82) is 0 Å². The third kappa shape index (κ3) is 3.28. The number of amides is 1. The molecule has 25 heavy (non-hydrogen) atoms. The van der Waals surface area contributed by atoms with Crippen molar-refractivity contribution >= 4 is 16.9 Å². The number of likely N-dealkylation sites (tertiary alicyclic amines) is 1. The lowest BCUT2D eigenvalue weighted by Gasteiger charge is -2.15. The summed E-state index contributed by atoms with van der Waals surface area (Å²) in [6.07, 6.45) is 2.15. The summed E-state index contributed by atoms with van der Waals surface area (Å²) in [5.41, 5.74) is 8.89. The average molecular weight is 334 g/mol. The number of primary amides is 1. The zero-order valence-corrected chi connectivity index (χ0v) is 14.1. The molecule has 3 N–H and O–H groups in total. The van der Waals surface area contributed by atoms with Gasteiger partial charge in [0.15, 0.2) is 0 Å². The Hall–Kier alpha value is -2.66. The van der Waals surface area contributed by atoms with Gasteiger partial charge in [0.1, 0.15) is 11.3 Å². The van der Waals surface area contributed by atoms with E-state index in [9.17, 15) is 4.79 Å². The molecule has 1 aliphatic heterocycles. The van der Waals surface area contributed by atoms with E-state index < -0.39 is 5.91 Å². The minimum Gasteiger partial charge on any atom is -0.366 e. The van der Waals surface area contributed by atoms with E-state index in [0.717, 1.165) is 43.8 Å². The number of imidazole rings is 1. The van der Waals surface area contributed by atoms with Crippen LogP contribution in [0.1, 0.15) is 34.1 Å². The van der Waals surface area contributed by atoms with Crippen LogP contribution in [0.2, 0.25) is 0 Å². The Bertz CT molecular complexity index is 887. The van der Waals surface area contributed by atoms with Crippen LogP contribution < -0.4 is 5.73 Å². The van der Waals surface area contributed by atoms with Gasteiger partial charge in [-0.05, 0) is 37.1 Å². The van der Waals surface area contributed by atoms with Crippen molar-refractivity contribution in [2.75, 3.05) is 19.6 Å². The van der Waals surface area contributed by atoms with Crippen LogP contribution in [0.25, 0.3) is 11.0 Å². The van der Waals surface area contributed by atoms with E-state index in [1.165, 1.54) is 5.56 Å². The summed E-state index contributed by atoms with van der Waals surface area (Å²) in [4.78, 5) is 22.1. The van der Waals surface area contributed by atoms with E-state index in [0.29, 0.717) is 17.0 Å². The molecule has 1 atom stereocenters. The molecule has 5 nitrogen and oxygen atoms in total. The minimum absolute atomic E-state index is 0.379. The SMILES string of the molecule is NC(=O)c1cccc2[nH]c(C3CCN(CCc4ccccc4)C3)nc12. The molecule has 4 rings (SSSR count). The molecule has 1 amide bonds. The zero-order valence-electron chi connectivity index (χ0n) is 14.1. The summed E-state index contributed by atoms with van der Waals surface area (Å²) in [6.45, 7) is 3.14. The van der Waals surface area contributed by atoms with Gasteiger partial charge in [-0.25, -0.2) is 4.98 Å². The van der Waals surface area contributed by atoms with E-state index in [1.807, 2.05) is 12.1 Å². The zero-order chi connectivity index (χ0) is 17.2. The highest BCUT2D eigenvalue weighted by molar-refractivity contribution is 6.04. The Morgan fingerprint density at radius 2 is 2.04 bits per heavy atom. The number of carbonyl (C=O) groups is 1. The molecule has 1 fully saturated rings. The molecule has 2 aromatic carbocycles. The Balaban J connectivity index is 1.45. The third-order valence-corrected chi connectivity index (χ3v) is 5.02. The van der Waals surface area contributed by atoms with Crippen molar-refractivity contribution in [3.8, 4) is 0 Å². The maximum absolute atomic E-state index is 11.6. The molecular weight excluding hydrogens is 312 g/mol. The van der Waals surface area contributed by atoms with Crippen molar-refractivity contribution in [3.05, 3.63) is 65.5 Å². The van der Waals surface area contributed by atoms with Gasteiger partial charge in [-0.15, -0.1) is 0 Å². The fraction of sp³-hybridized carbons (Fsp3) is 0.300. The maximum atomic E-state index is 11.6. The molecule has 1 saturated heterocycles. The number of aromatic nitrogens is 2. The Labute approximate surface area is 146 Å². The molecule has 0 radical (unpaired) electrons. The largest absolute Gasteiger partial charge is 0.366 e. The Kier molecular flexibility index (Phi) is 4.24. The molecule has 0 saturated carbocycles. The molecule has 0 bridgehead atoms. The van der Waals surface area contributed by atoms with Crippen molar-refractivity contribution in [3.63, 3.8) is 0 Å². The van der Waals surface area contributed by atoms with Crippen molar-refractivity contribution in [1.82, 2.24) is 14.9 Å². The molecule has 0 aliphatic carbocycles. The number of nitrogens with two attached hydrogens (primary N) is 1. The van der Waals surface area contributed by atoms with Gasteiger partial charge in [-0.1, -0.05) is 36.4 Å². The molecule has 128 valence electrons. The fourth-order valence-corrected chi connectivity index (χ4v) is 3.63. The number of fused-ring (bicyclic) bond motifs is 1. The smallest absolute Gasteiger partial charge is 0.250 e. The maximum Gasteiger partial charge on any atom is 0.250 e. The van der Waals surface area contributed by atoms with Gasteiger partial charge >= 0.3 is 0 Å². The number of carbonyl (C=O) groups excluding carboxylic acids is 1. The van der Waals surface area contributed by atoms with Crippen LogP contribution in [-0.4, -0.2) is 40.4 Å². The second-order valence-corrected chi connectivity index (χ2v) is 6.71. The van der Waals surface area contributed by atoms with Crippen LogP contribution >= 0.6 is 0 Å². The highest BCUT2D eigenvalue weighted by Crippen LogP contribution is 2.28. The number of nitrogens with one attached hydrogen (secondary N) is 1.